The average Bonchev–Trinajstić information content (AvgIpc) is 3.15. The number of esters is 2. The zero-order valence-electron chi connectivity index (χ0n) is 20.5. The van der Waals surface area contributed by atoms with E-state index in [4.69, 9.17) is 18.9 Å². The molecule has 0 aliphatic heterocycles. The van der Waals surface area contributed by atoms with Gasteiger partial charge in [-0.3, -0.25) is 14.4 Å². The van der Waals surface area contributed by atoms with Crippen molar-refractivity contribution >= 4 is 40.1 Å². The van der Waals surface area contributed by atoms with E-state index in [1.54, 1.807) is 59.3 Å². The van der Waals surface area contributed by atoms with E-state index in [1.165, 1.54) is 4.90 Å². The number of benzene rings is 1. The molecule has 2 rings (SSSR count). The fourth-order valence-electron chi connectivity index (χ4n) is 2.92. The fourth-order valence-corrected chi connectivity index (χ4v) is 4.15. The Kier molecular flexibility index (Phi) is 10.5. The van der Waals surface area contributed by atoms with Crippen molar-refractivity contribution in [3.8, 4) is 11.5 Å². The van der Waals surface area contributed by atoms with Crippen LogP contribution in [0.15, 0.2) is 24.3 Å². The van der Waals surface area contributed by atoms with Gasteiger partial charge in [0.15, 0.2) is 6.61 Å². The second-order valence-corrected chi connectivity index (χ2v) is 8.54. The Bertz CT molecular complexity index is 1050. The number of carbonyl (C=O) groups is 4. The van der Waals surface area contributed by atoms with Crippen LogP contribution < -0.4 is 14.8 Å². The zero-order chi connectivity index (χ0) is 26.0. The molecule has 1 aromatic carbocycles. The van der Waals surface area contributed by atoms with Crippen molar-refractivity contribution < 1.29 is 38.1 Å². The molecule has 0 spiro atoms. The number of rotatable bonds is 12. The van der Waals surface area contributed by atoms with Crippen molar-refractivity contribution in [2.45, 2.75) is 26.7 Å². The van der Waals surface area contributed by atoms with Crippen molar-refractivity contribution in [2.24, 2.45) is 0 Å². The van der Waals surface area contributed by atoms with Crippen molar-refractivity contribution in [2.75, 3.05) is 46.3 Å². The maximum atomic E-state index is 12.4. The second-order valence-electron chi connectivity index (χ2n) is 7.52. The number of hydrogen-bond donors (Lipinski definition) is 1. The van der Waals surface area contributed by atoms with Gasteiger partial charge in [-0.1, -0.05) is 0 Å². The second kappa shape index (κ2) is 13.3. The molecule has 0 atom stereocenters. The molecule has 10 nitrogen and oxygen atoms in total. The van der Waals surface area contributed by atoms with Gasteiger partial charge in [0.25, 0.3) is 11.8 Å². The standard InChI is InChI=1S/C24H30N2O8S/c1-6-32-24(30)20-15(2)21(23(29)26(3)4)35-22(20)25-18(27)14-34-19(28)8-7-13-33-17-11-9-16(31-5)10-12-17/h9-12H,6-8,13-14H2,1-5H3,(H,25,27). The van der Waals surface area contributed by atoms with Crippen LogP contribution in [-0.4, -0.2) is 69.7 Å². The molecular weight excluding hydrogens is 476 g/mol. The number of anilines is 1. The third kappa shape index (κ3) is 7.99. The Balaban J connectivity index is 1.88. The molecule has 2 amide bonds. The molecule has 1 aromatic heterocycles. The molecule has 0 unspecified atom stereocenters. The Morgan fingerprint density at radius 2 is 1.69 bits per heavy atom. The van der Waals surface area contributed by atoms with Gasteiger partial charge in [-0.15, -0.1) is 11.3 Å². The predicted molar refractivity (Wildman–Crippen MR) is 130 cm³/mol. The van der Waals surface area contributed by atoms with Crippen LogP contribution in [-0.2, 0) is 19.1 Å². The maximum absolute atomic E-state index is 12.4. The number of ether oxygens (including phenoxy) is 4. The number of nitrogens with zero attached hydrogens (tertiary/aromatic N) is 1. The average molecular weight is 507 g/mol. The molecule has 0 aliphatic rings. The van der Waals surface area contributed by atoms with Crippen LogP contribution in [0.5, 0.6) is 11.5 Å². The van der Waals surface area contributed by atoms with Crippen LogP contribution >= 0.6 is 11.3 Å². The largest absolute Gasteiger partial charge is 0.497 e. The first-order valence-electron chi connectivity index (χ1n) is 10.9. The highest BCUT2D eigenvalue weighted by molar-refractivity contribution is 7.18. The molecule has 11 heteroatoms. The third-order valence-corrected chi connectivity index (χ3v) is 5.89. The summed E-state index contributed by atoms with van der Waals surface area (Å²) in [5.74, 6) is -0.787. The number of hydrogen-bond acceptors (Lipinski definition) is 9. The van der Waals surface area contributed by atoms with Gasteiger partial charge in [-0.25, -0.2) is 4.79 Å². The smallest absolute Gasteiger partial charge is 0.341 e. The van der Waals surface area contributed by atoms with E-state index in [1.807, 2.05) is 0 Å². The highest BCUT2D eigenvalue weighted by atomic mass is 32.1. The molecule has 1 heterocycles. The first-order valence-corrected chi connectivity index (χ1v) is 11.7. The van der Waals surface area contributed by atoms with E-state index in [9.17, 15) is 19.2 Å². The van der Waals surface area contributed by atoms with Crippen LogP contribution in [0.25, 0.3) is 0 Å². The number of nitrogens with one attached hydrogen (secondary N) is 1. The lowest BCUT2D eigenvalue weighted by Crippen LogP contribution is -2.22. The molecule has 35 heavy (non-hydrogen) atoms. The number of amides is 2. The topological polar surface area (TPSA) is 120 Å². The van der Waals surface area contributed by atoms with Gasteiger partial charge >= 0.3 is 11.9 Å². The fraction of sp³-hybridized carbons (Fsp3) is 0.417. The van der Waals surface area contributed by atoms with Crippen LogP contribution in [0.4, 0.5) is 5.00 Å². The summed E-state index contributed by atoms with van der Waals surface area (Å²) in [5.41, 5.74) is 0.522. The maximum Gasteiger partial charge on any atom is 0.341 e. The van der Waals surface area contributed by atoms with Gasteiger partial charge in [0, 0.05) is 20.5 Å². The Labute approximate surface area is 208 Å². The molecule has 190 valence electrons. The zero-order valence-corrected chi connectivity index (χ0v) is 21.3. The van der Waals surface area contributed by atoms with Gasteiger partial charge < -0.3 is 29.2 Å². The van der Waals surface area contributed by atoms with Crippen LogP contribution in [0, 0.1) is 6.92 Å². The summed E-state index contributed by atoms with van der Waals surface area (Å²) >= 11 is 0.967. The number of carbonyl (C=O) groups excluding carboxylic acids is 4. The lowest BCUT2D eigenvalue weighted by atomic mass is 10.1. The van der Waals surface area contributed by atoms with Crippen LogP contribution in [0.3, 0.4) is 0 Å². The van der Waals surface area contributed by atoms with E-state index in [2.05, 4.69) is 5.32 Å². The van der Waals surface area contributed by atoms with Crippen LogP contribution in [0.1, 0.15) is 45.4 Å². The van der Waals surface area contributed by atoms with Gasteiger partial charge in [0.1, 0.15) is 16.5 Å². The summed E-state index contributed by atoms with van der Waals surface area (Å²) in [6.45, 7) is 3.18. The molecule has 0 fully saturated rings. The first-order chi connectivity index (χ1) is 16.7. The highest BCUT2D eigenvalue weighted by Crippen LogP contribution is 2.34. The Morgan fingerprint density at radius 1 is 1.03 bits per heavy atom. The van der Waals surface area contributed by atoms with Crippen molar-refractivity contribution in [3.63, 3.8) is 0 Å². The van der Waals surface area contributed by atoms with Gasteiger partial charge in [0.2, 0.25) is 0 Å². The molecule has 2 aromatic rings. The highest BCUT2D eigenvalue weighted by Gasteiger charge is 2.27. The lowest BCUT2D eigenvalue weighted by Gasteiger charge is -2.09. The molecule has 0 radical (unpaired) electrons. The van der Waals surface area contributed by atoms with Crippen molar-refractivity contribution in [1.29, 1.82) is 0 Å². The van der Waals surface area contributed by atoms with E-state index in [-0.39, 0.29) is 29.5 Å². The monoisotopic (exact) mass is 506 g/mol. The quantitative estimate of drug-likeness (QED) is 0.344. The SMILES string of the molecule is CCOC(=O)c1c(NC(=O)COC(=O)CCCOc2ccc(OC)cc2)sc(C(=O)N(C)C)c1C. The first kappa shape index (κ1) is 27.6. The van der Waals surface area contributed by atoms with Crippen LogP contribution in [0.2, 0.25) is 0 Å². The molecule has 0 bridgehead atoms. The number of thiophene rings is 1. The predicted octanol–water partition coefficient (Wildman–Crippen LogP) is 3.28. The summed E-state index contributed by atoms with van der Waals surface area (Å²) in [6, 6.07) is 7.06. The van der Waals surface area contributed by atoms with Crippen molar-refractivity contribution in [1.82, 2.24) is 4.90 Å². The minimum Gasteiger partial charge on any atom is -0.497 e. The molecule has 0 saturated heterocycles. The molecule has 0 aliphatic carbocycles. The van der Waals surface area contributed by atoms with Gasteiger partial charge in [0.05, 0.1) is 30.8 Å². The molecular formula is C24H30N2O8S. The summed E-state index contributed by atoms with van der Waals surface area (Å²) in [5, 5.41) is 2.72. The van der Waals surface area contributed by atoms with E-state index in [0.29, 0.717) is 35.0 Å². The summed E-state index contributed by atoms with van der Waals surface area (Å²) in [4.78, 5) is 50.9. The summed E-state index contributed by atoms with van der Waals surface area (Å²) in [7, 11) is 4.75. The third-order valence-electron chi connectivity index (χ3n) is 4.70. The van der Waals surface area contributed by atoms with E-state index in [0.717, 1.165) is 11.3 Å². The lowest BCUT2D eigenvalue weighted by molar-refractivity contribution is -0.147. The van der Waals surface area contributed by atoms with Gasteiger partial charge in [-0.05, 0) is 50.1 Å². The summed E-state index contributed by atoms with van der Waals surface area (Å²) < 4.78 is 20.7. The molecule has 0 saturated carbocycles. The molecule has 1 N–H and O–H groups in total. The minimum atomic E-state index is -0.650. The van der Waals surface area contributed by atoms with Crippen molar-refractivity contribution in [3.05, 3.63) is 40.3 Å². The Hall–Kier alpha value is -3.60. The van der Waals surface area contributed by atoms with E-state index < -0.39 is 24.5 Å². The Morgan fingerprint density at radius 3 is 2.29 bits per heavy atom. The minimum absolute atomic E-state index is 0.0666. The van der Waals surface area contributed by atoms with Gasteiger partial charge in [-0.2, -0.15) is 0 Å². The number of methoxy groups -OCH3 is 1. The normalized spacial score (nSPS) is 10.3. The summed E-state index contributed by atoms with van der Waals surface area (Å²) in [6.07, 6.45) is 0.469. The van der Waals surface area contributed by atoms with E-state index >= 15 is 0 Å².